The van der Waals surface area contributed by atoms with Gasteiger partial charge < -0.3 is 19.6 Å². The maximum absolute atomic E-state index is 5.46. The minimum absolute atomic E-state index is 1.03. The maximum Gasteiger partial charge on any atom is 0.201 e. The number of rotatable bonds is 2. The van der Waals surface area contributed by atoms with Crippen LogP contribution in [0.1, 0.15) is 25.7 Å². The van der Waals surface area contributed by atoms with Gasteiger partial charge in [0.05, 0.1) is 0 Å². The third kappa shape index (κ3) is 3.23. The molecular weight excluding hydrogens is 420 g/mol. The Hall–Kier alpha value is -3.28. The standard InChI is InChI=1S/C28H32N6/c1-3-11-23-21(9-1)22-10-2-4-12-24(22)26(30-28(33-17-7-18-33)34-19-8-20-34)25(23)29-27(31-13-5-14-31)32-15-6-16-32/h1-4,9-12H,5-8,13-20H2. The number of hydrogen-bond donors (Lipinski definition) is 0. The molecule has 0 aromatic heterocycles. The number of aliphatic imine (C=N–C) groups is 2. The van der Waals surface area contributed by atoms with E-state index in [9.17, 15) is 0 Å². The molecule has 174 valence electrons. The van der Waals surface area contributed by atoms with Gasteiger partial charge >= 0.3 is 0 Å². The van der Waals surface area contributed by atoms with Crippen LogP contribution in [0.25, 0.3) is 21.5 Å². The number of fused-ring (bicyclic) bond motifs is 3. The lowest BCUT2D eigenvalue weighted by atomic mass is 9.98. The van der Waals surface area contributed by atoms with Crippen molar-refractivity contribution in [2.24, 2.45) is 9.98 Å². The lowest BCUT2D eigenvalue weighted by Gasteiger charge is -2.44. The molecule has 0 atom stereocenters. The number of nitrogens with zero attached hydrogens (tertiary/aromatic N) is 6. The molecule has 0 unspecified atom stereocenters. The van der Waals surface area contributed by atoms with Gasteiger partial charge in [0.1, 0.15) is 11.4 Å². The van der Waals surface area contributed by atoms with E-state index in [0.717, 1.165) is 75.7 Å². The maximum atomic E-state index is 5.46. The van der Waals surface area contributed by atoms with Crippen molar-refractivity contribution < 1.29 is 0 Å². The smallest absolute Gasteiger partial charge is 0.201 e. The molecule has 0 aliphatic carbocycles. The van der Waals surface area contributed by atoms with Gasteiger partial charge in [0, 0.05) is 63.1 Å². The third-order valence-electron chi connectivity index (χ3n) is 7.86. The summed E-state index contributed by atoms with van der Waals surface area (Å²) < 4.78 is 0. The molecule has 34 heavy (non-hydrogen) atoms. The molecule has 6 heteroatoms. The van der Waals surface area contributed by atoms with E-state index in [4.69, 9.17) is 9.98 Å². The summed E-state index contributed by atoms with van der Waals surface area (Å²) in [7, 11) is 0. The van der Waals surface area contributed by atoms with Gasteiger partial charge in [-0.2, -0.15) is 0 Å². The highest BCUT2D eigenvalue weighted by Gasteiger charge is 2.30. The number of benzene rings is 3. The fourth-order valence-corrected chi connectivity index (χ4v) is 5.28. The molecule has 0 N–H and O–H groups in total. The third-order valence-corrected chi connectivity index (χ3v) is 7.86. The zero-order valence-corrected chi connectivity index (χ0v) is 19.8. The zero-order valence-electron chi connectivity index (χ0n) is 19.8. The molecule has 0 amide bonds. The zero-order chi connectivity index (χ0) is 22.5. The van der Waals surface area contributed by atoms with Gasteiger partial charge in [-0.3, -0.25) is 0 Å². The topological polar surface area (TPSA) is 37.7 Å². The summed E-state index contributed by atoms with van der Waals surface area (Å²) in [5.41, 5.74) is 2.06. The van der Waals surface area contributed by atoms with Crippen LogP contribution >= 0.6 is 0 Å². The first-order valence-corrected chi connectivity index (χ1v) is 13.0. The largest absolute Gasteiger partial charge is 0.342 e. The van der Waals surface area contributed by atoms with Gasteiger partial charge in [-0.25, -0.2) is 9.98 Å². The molecule has 4 aliphatic heterocycles. The van der Waals surface area contributed by atoms with Gasteiger partial charge in [-0.05, 0) is 36.5 Å². The highest BCUT2D eigenvalue weighted by Crippen LogP contribution is 2.45. The second kappa shape index (κ2) is 8.19. The number of hydrogen-bond acceptors (Lipinski definition) is 2. The summed E-state index contributed by atoms with van der Waals surface area (Å²) in [6.45, 7) is 8.83. The fourth-order valence-electron chi connectivity index (χ4n) is 5.28. The van der Waals surface area contributed by atoms with Crippen molar-refractivity contribution in [3.8, 4) is 0 Å². The summed E-state index contributed by atoms with van der Waals surface area (Å²) in [6, 6.07) is 17.5. The quantitative estimate of drug-likeness (QED) is 0.318. The minimum atomic E-state index is 1.03. The molecule has 6 nitrogen and oxygen atoms in total. The Morgan fingerprint density at radius 2 is 0.735 bits per heavy atom. The van der Waals surface area contributed by atoms with Crippen LogP contribution in [-0.2, 0) is 0 Å². The Morgan fingerprint density at radius 3 is 1.00 bits per heavy atom. The van der Waals surface area contributed by atoms with E-state index in [1.807, 2.05) is 0 Å². The predicted octanol–water partition coefficient (Wildman–Crippen LogP) is 4.79. The van der Waals surface area contributed by atoms with Crippen molar-refractivity contribution in [3.05, 3.63) is 48.5 Å². The lowest BCUT2D eigenvalue weighted by molar-refractivity contribution is 0.207. The van der Waals surface area contributed by atoms with E-state index in [1.54, 1.807) is 0 Å². The molecule has 7 rings (SSSR count). The monoisotopic (exact) mass is 452 g/mol. The minimum Gasteiger partial charge on any atom is -0.342 e. The van der Waals surface area contributed by atoms with Gasteiger partial charge in [-0.1, -0.05) is 48.5 Å². The van der Waals surface area contributed by atoms with E-state index in [-0.39, 0.29) is 0 Å². The van der Waals surface area contributed by atoms with Crippen LogP contribution in [0.15, 0.2) is 58.5 Å². The van der Waals surface area contributed by atoms with Crippen LogP contribution in [0, 0.1) is 0 Å². The summed E-state index contributed by atoms with van der Waals surface area (Å²) in [5.74, 6) is 2.28. The van der Waals surface area contributed by atoms with Crippen molar-refractivity contribution >= 4 is 44.8 Å². The molecule has 4 fully saturated rings. The molecule has 4 aliphatic rings. The molecule has 3 aromatic carbocycles. The molecule has 0 saturated carbocycles. The summed E-state index contributed by atoms with van der Waals surface area (Å²) >= 11 is 0. The van der Waals surface area contributed by atoms with Gasteiger partial charge in [-0.15, -0.1) is 0 Å². The molecule has 4 heterocycles. The van der Waals surface area contributed by atoms with Crippen molar-refractivity contribution in [3.63, 3.8) is 0 Å². The second-order valence-electron chi connectivity index (χ2n) is 9.97. The molecule has 0 spiro atoms. The van der Waals surface area contributed by atoms with Crippen LogP contribution in [0.4, 0.5) is 11.4 Å². The number of guanidine groups is 2. The van der Waals surface area contributed by atoms with Crippen molar-refractivity contribution in [1.29, 1.82) is 0 Å². The first-order valence-electron chi connectivity index (χ1n) is 13.0. The van der Waals surface area contributed by atoms with Crippen molar-refractivity contribution in [2.75, 3.05) is 52.4 Å². The van der Waals surface area contributed by atoms with Gasteiger partial charge in [0.2, 0.25) is 11.9 Å². The van der Waals surface area contributed by atoms with E-state index < -0.39 is 0 Å². The Bertz CT molecular complexity index is 1160. The average Bonchev–Trinajstić information content (AvgIpc) is 2.71. The highest BCUT2D eigenvalue weighted by molar-refractivity contribution is 6.20. The molecule has 4 saturated heterocycles. The Morgan fingerprint density at radius 1 is 0.441 bits per heavy atom. The Balaban J connectivity index is 1.50. The Labute approximate surface area is 201 Å². The van der Waals surface area contributed by atoms with E-state index >= 15 is 0 Å². The second-order valence-corrected chi connectivity index (χ2v) is 9.97. The van der Waals surface area contributed by atoms with Gasteiger partial charge in [0.25, 0.3) is 0 Å². The van der Waals surface area contributed by atoms with Crippen LogP contribution in [0.3, 0.4) is 0 Å². The lowest BCUT2D eigenvalue weighted by Crippen LogP contribution is -2.55. The first-order chi connectivity index (χ1) is 16.9. The predicted molar refractivity (Wildman–Crippen MR) is 140 cm³/mol. The first kappa shape index (κ1) is 20.1. The van der Waals surface area contributed by atoms with Crippen molar-refractivity contribution in [2.45, 2.75) is 25.7 Å². The van der Waals surface area contributed by atoms with Crippen LogP contribution < -0.4 is 0 Å². The summed E-state index contributed by atoms with van der Waals surface area (Å²) in [5, 5.41) is 4.92. The van der Waals surface area contributed by atoms with Crippen molar-refractivity contribution in [1.82, 2.24) is 19.6 Å². The molecule has 0 bridgehead atoms. The SMILES string of the molecule is c1ccc2c(c1)c(N=C(N1CCC1)N1CCC1)c(N=C(N1CCC1)N1CCC1)c1ccccc12. The molecule has 3 aromatic rings. The summed E-state index contributed by atoms with van der Waals surface area (Å²) in [4.78, 5) is 20.7. The van der Waals surface area contributed by atoms with Gasteiger partial charge in [0.15, 0.2) is 0 Å². The van der Waals surface area contributed by atoms with E-state index in [2.05, 4.69) is 68.1 Å². The average molecular weight is 453 g/mol. The van der Waals surface area contributed by atoms with Crippen LogP contribution in [-0.4, -0.2) is 83.9 Å². The highest BCUT2D eigenvalue weighted by atomic mass is 15.4. The summed E-state index contributed by atoms with van der Waals surface area (Å²) in [6.07, 6.45) is 5.02. The fraction of sp³-hybridized carbons (Fsp3) is 0.429. The molecule has 0 radical (unpaired) electrons. The van der Waals surface area contributed by atoms with Crippen LogP contribution in [0.2, 0.25) is 0 Å². The van der Waals surface area contributed by atoms with E-state index in [1.165, 1.54) is 47.2 Å². The normalized spacial score (nSPS) is 19.3. The Kier molecular flexibility index (Phi) is 4.85. The number of likely N-dealkylation sites (tertiary alicyclic amines) is 4. The van der Waals surface area contributed by atoms with Crippen LogP contribution in [0.5, 0.6) is 0 Å². The van der Waals surface area contributed by atoms with E-state index in [0.29, 0.717) is 0 Å². The molecular formula is C28H32N6.